The van der Waals surface area contributed by atoms with Gasteiger partial charge < -0.3 is 24.8 Å². The van der Waals surface area contributed by atoms with Crippen molar-refractivity contribution in [3.63, 3.8) is 0 Å². The van der Waals surface area contributed by atoms with Gasteiger partial charge in [0, 0.05) is 24.2 Å². The van der Waals surface area contributed by atoms with E-state index in [4.69, 9.17) is 14.2 Å². The smallest absolute Gasteiger partial charge is 0.254 e. The topological polar surface area (TPSA) is 99.5 Å². The van der Waals surface area contributed by atoms with Gasteiger partial charge in [-0.3, -0.25) is 4.79 Å². The SMILES string of the molecule is COc1ccc(CC(=O)n2nc(NCc3ccccc3OC)nc2NCc2ccccc2OC)cc1. The highest BCUT2D eigenvalue weighted by Crippen LogP contribution is 2.21. The number of methoxy groups -OCH3 is 3. The van der Waals surface area contributed by atoms with E-state index < -0.39 is 0 Å². The summed E-state index contributed by atoms with van der Waals surface area (Å²) >= 11 is 0. The summed E-state index contributed by atoms with van der Waals surface area (Å²) in [4.78, 5) is 17.8. The van der Waals surface area contributed by atoms with E-state index in [9.17, 15) is 4.79 Å². The maximum absolute atomic E-state index is 13.2. The molecular weight excluding hydrogens is 458 g/mol. The van der Waals surface area contributed by atoms with Crippen molar-refractivity contribution in [2.24, 2.45) is 0 Å². The first-order chi connectivity index (χ1) is 17.6. The van der Waals surface area contributed by atoms with Gasteiger partial charge in [-0.25, -0.2) is 0 Å². The van der Waals surface area contributed by atoms with Gasteiger partial charge in [0.1, 0.15) is 17.2 Å². The Morgan fingerprint density at radius 3 is 1.94 bits per heavy atom. The lowest BCUT2D eigenvalue weighted by molar-refractivity contribution is 0.0901. The van der Waals surface area contributed by atoms with Gasteiger partial charge in [0.05, 0.1) is 27.8 Å². The van der Waals surface area contributed by atoms with Gasteiger partial charge >= 0.3 is 0 Å². The number of carbonyl (C=O) groups is 1. The molecule has 0 spiro atoms. The number of benzene rings is 3. The third kappa shape index (κ3) is 5.93. The number of para-hydroxylation sites is 2. The Hall–Kier alpha value is -4.53. The molecular formula is C27H29N5O4. The summed E-state index contributed by atoms with van der Waals surface area (Å²) in [5.41, 5.74) is 2.72. The van der Waals surface area contributed by atoms with E-state index in [1.54, 1.807) is 21.3 Å². The minimum atomic E-state index is -0.222. The molecule has 3 aromatic carbocycles. The van der Waals surface area contributed by atoms with Gasteiger partial charge in [-0.15, -0.1) is 5.10 Å². The van der Waals surface area contributed by atoms with Crippen LogP contribution in [0.1, 0.15) is 21.5 Å². The molecule has 1 heterocycles. The number of rotatable bonds is 11. The quantitative estimate of drug-likeness (QED) is 0.321. The molecule has 9 heteroatoms. The molecule has 0 fully saturated rings. The standard InChI is InChI=1S/C27H29N5O4/c1-34-22-14-12-19(13-15-22)16-25(33)32-27(29-18-21-9-5-7-11-24(21)36-3)30-26(31-32)28-17-20-8-4-6-10-23(20)35-2/h4-15H,16-18H2,1-3H3,(H2,28,29,30,31). The Kier molecular flexibility index (Phi) is 8.02. The number of nitrogens with zero attached hydrogens (tertiary/aromatic N) is 3. The average molecular weight is 488 g/mol. The van der Waals surface area contributed by atoms with Crippen LogP contribution in [0.25, 0.3) is 0 Å². The molecule has 2 N–H and O–H groups in total. The lowest BCUT2D eigenvalue weighted by Crippen LogP contribution is -2.19. The van der Waals surface area contributed by atoms with Crippen molar-refractivity contribution in [3.8, 4) is 17.2 Å². The number of ether oxygens (including phenoxy) is 3. The highest BCUT2D eigenvalue weighted by Gasteiger charge is 2.18. The summed E-state index contributed by atoms with van der Waals surface area (Å²) in [5, 5.41) is 10.9. The van der Waals surface area contributed by atoms with Gasteiger partial charge in [0.25, 0.3) is 5.91 Å². The summed E-state index contributed by atoms with van der Waals surface area (Å²) < 4.78 is 17.4. The predicted molar refractivity (Wildman–Crippen MR) is 138 cm³/mol. The molecule has 9 nitrogen and oxygen atoms in total. The summed E-state index contributed by atoms with van der Waals surface area (Å²) in [6.45, 7) is 0.844. The molecule has 1 aromatic heterocycles. The van der Waals surface area contributed by atoms with E-state index in [0.717, 1.165) is 33.9 Å². The van der Waals surface area contributed by atoms with E-state index in [0.29, 0.717) is 25.0 Å². The Labute approximate surface area is 210 Å². The first-order valence-corrected chi connectivity index (χ1v) is 11.5. The van der Waals surface area contributed by atoms with Crippen molar-refractivity contribution in [3.05, 3.63) is 89.5 Å². The van der Waals surface area contributed by atoms with Crippen molar-refractivity contribution in [1.29, 1.82) is 0 Å². The van der Waals surface area contributed by atoms with Crippen LogP contribution in [-0.4, -0.2) is 42.0 Å². The van der Waals surface area contributed by atoms with E-state index in [1.165, 1.54) is 4.68 Å². The van der Waals surface area contributed by atoms with Crippen molar-refractivity contribution < 1.29 is 19.0 Å². The highest BCUT2D eigenvalue weighted by atomic mass is 16.5. The third-order valence-electron chi connectivity index (χ3n) is 5.62. The second-order valence-corrected chi connectivity index (χ2v) is 7.92. The van der Waals surface area contributed by atoms with Crippen LogP contribution in [0, 0.1) is 0 Å². The zero-order valence-electron chi connectivity index (χ0n) is 20.5. The minimum absolute atomic E-state index is 0.155. The predicted octanol–water partition coefficient (Wildman–Crippen LogP) is 4.41. The molecule has 0 unspecified atom stereocenters. The van der Waals surface area contributed by atoms with Crippen molar-refractivity contribution >= 4 is 17.8 Å². The molecule has 4 rings (SSSR count). The zero-order valence-corrected chi connectivity index (χ0v) is 20.5. The van der Waals surface area contributed by atoms with Gasteiger partial charge in [0.2, 0.25) is 11.9 Å². The Balaban J connectivity index is 1.55. The molecule has 0 radical (unpaired) electrons. The van der Waals surface area contributed by atoms with Crippen LogP contribution < -0.4 is 24.8 Å². The van der Waals surface area contributed by atoms with Crippen LogP contribution in [0.4, 0.5) is 11.9 Å². The molecule has 0 saturated carbocycles. The van der Waals surface area contributed by atoms with Crippen LogP contribution in [0.2, 0.25) is 0 Å². The Bertz CT molecular complexity index is 1300. The van der Waals surface area contributed by atoms with Crippen LogP contribution in [0.15, 0.2) is 72.8 Å². The number of hydrogen-bond donors (Lipinski definition) is 2. The van der Waals surface area contributed by atoms with Crippen LogP contribution in [0.3, 0.4) is 0 Å². The first-order valence-electron chi connectivity index (χ1n) is 11.5. The second kappa shape index (κ2) is 11.7. The summed E-state index contributed by atoms with van der Waals surface area (Å²) in [5.74, 6) is 2.67. The molecule has 186 valence electrons. The maximum Gasteiger partial charge on any atom is 0.254 e. The monoisotopic (exact) mass is 487 g/mol. The van der Waals surface area contributed by atoms with Gasteiger partial charge in [0.15, 0.2) is 0 Å². The van der Waals surface area contributed by atoms with Gasteiger partial charge in [-0.05, 0) is 29.8 Å². The number of anilines is 2. The van der Waals surface area contributed by atoms with Crippen molar-refractivity contribution in [2.45, 2.75) is 19.5 Å². The first kappa shape index (κ1) is 24.6. The lowest BCUT2D eigenvalue weighted by atomic mass is 10.1. The number of aromatic nitrogens is 3. The molecule has 0 aliphatic rings. The molecule has 0 bridgehead atoms. The molecule has 4 aromatic rings. The van der Waals surface area contributed by atoms with E-state index >= 15 is 0 Å². The van der Waals surface area contributed by atoms with Crippen LogP contribution in [-0.2, 0) is 19.5 Å². The summed E-state index contributed by atoms with van der Waals surface area (Å²) in [6.07, 6.45) is 0.155. The fourth-order valence-corrected chi connectivity index (χ4v) is 3.71. The zero-order chi connectivity index (χ0) is 25.3. The second-order valence-electron chi connectivity index (χ2n) is 7.92. The van der Waals surface area contributed by atoms with E-state index in [-0.39, 0.29) is 12.3 Å². The maximum atomic E-state index is 13.2. The molecule has 36 heavy (non-hydrogen) atoms. The van der Waals surface area contributed by atoms with Gasteiger partial charge in [-0.2, -0.15) is 9.67 Å². The molecule has 0 saturated heterocycles. The van der Waals surface area contributed by atoms with E-state index in [2.05, 4.69) is 20.7 Å². The normalized spacial score (nSPS) is 10.5. The lowest BCUT2D eigenvalue weighted by Gasteiger charge is -2.10. The molecule has 0 aliphatic heterocycles. The molecule has 0 aliphatic carbocycles. The Morgan fingerprint density at radius 1 is 0.778 bits per heavy atom. The van der Waals surface area contributed by atoms with Gasteiger partial charge in [-0.1, -0.05) is 48.5 Å². The van der Waals surface area contributed by atoms with E-state index in [1.807, 2.05) is 72.8 Å². The van der Waals surface area contributed by atoms with Crippen LogP contribution >= 0.6 is 0 Å². The number of carbonyl (C=O) groups excluding carboxylic acids is 1. The third-order valence-corrected chi connectivity index (χ3v) is 5.62. The summed E-state index contributed by atoms with van der Waals surface area (Å²) in [6, 6.07) is 22.7. The van der Waals surface area contributed by atoms with Crippen molar-refractivity contribution in [1.82, 2.24) is 14.8 Å². The number of hydrogen-bond acceptors (Lipinski definition) is 8. The fraction of sp³-hybridized carbons (Fsp3) is 0.222. The minimum Gasteiger partial charge on any atom is -0.497 e. The summed E-state index contributed by atoms with van der Waals surface area (Å²) in [7, 11) is 4.86. The van der Waals surface area contributed by atoms with Crippen LogP contribution in [0.5, 0.6) is 17.2 Å². The van der Waals surface area contributed by atoms with Crippen molar-refractivity contribution in [2.75, 3.05) is 32.0 Å². The molecule has 0 amide bonds. The Morgan fingerprint density at radius 2 is 1.36 bits per heavy atom. The fourth-order valence-electron chi connectivity index (χ4n) is 3.71. The highest BCUT2D eigenvalue weighted by molar-refractivity contribution is 5.83. The largest absolute Gasteiger partial charge is 0.497 e. The average Bonchev–Trinajstić information content (AvgIpc) is 3.34. The molecule has 0 atom stereocenters. The number of nitrogens with one attached hydrogen (secondary N) is 2.